The number of ether oxygens (including phenoxy) is 3. The maximum absolute atomic E-state index is 5.97. The largest absolute Gasteiger partial charge is 0.493 e. The molecule has 0 radical (unpaired) electrons. The average Bonchev–Trinajstić information content (AvgIpc) is 2.46. The number of benzene rings is 1. The molecule has 20 heavy (non-hydrogen) atoms. The van der Waals surface area contributed by atoms with Gasteiger partial charge in [-0.1, -0.05) is 6.07 Å². The highest BCUT2D eigenvalue weighted by molar-refractivity contribution is 5.43. The minimum Gasteiger partial charge on any atom is -0.493 e. The van der Waals surface area contributed by atoms with Crippen LogP contribution in [0.3, 0.4) is 0 Å². The molecule has 4 nitrogen and oxygen atoms in total. The minimum absolute atomic E-state index is 0.145. The summed E-state index contributed by atoms with van der Waals surface area (Å²) in [4.78, 5) is 0. The number of rotatable bonds is 6. The lowest BCUT2D eigenvalue weighted by atomic mass is 10.0. The molecule has 1 aromatic carbocycles. The number of nitrogens with two attached hydrogens (primary N) is 1. The van der Waals surface area contributed by atoms with E-state index in [0.717, 1.165) is 50.6 Å². The zero-order valence-corrected chi connectivity index (χ0v) is 12.4. The van der Waals surface area contributed by atoms with Crippen LogP contribution >= 0.6 is 0 Å². The molecule has 2 N–H and O–H groups in total. The van der Waals surface area contributed by atoms with Gasteiger partial charge in [0.25, 0.3) is 0 Å². The van der Waals surface area contributed by atoms with E-state index in [4.69, 9.17) is 19.9 Å². The van der Waals surface area contributed by atoms with Crippen LogP contribution in [0.1, 0.15) is 25.3 Å². The third kappa shape index (κ3) is 4.39. The van der Waals surface area contributed by atoms with Gasteiger partial charge in [-0.25, -0.2) is 0 Å². The first-order chi connectivity index (χ1) is 9.69. The van der Waals surface area contributed by atoms with Crippen molar-refractivity contribution in [3.05, 3.63) is 23.8 Å². The van der Waals surface area contributed by atoms with Crippen molar-refractivity contribution in [2.45, 2.75) is 32.2 Å². The molecule has 2 rings (SSSR count). The molecular weight excluding hydrogens is 254 g/mol. The monoisotopic (exact) mass is 279 g/mol. The molecular formula is C16H25NO3. The molecule has 1 aliphatic rings. The third-order valence-electron chi connectivity index (χ3n) is 3.60. The zero-order valence-electron chi connectivity index (χ0n) is 12.4. The Balaban J connectivity index is 1.99. The Hall–Kier alpha value is -1.26. The second kappa shape index (κ2) is 7.50. The fourth-order valence-corrected chi connectivity index (χ4v) is 2.45. The Bertz CT molecular complexity index is 414. The van der Waals surface area contributed by atoms with Crippen molar-refractivity contribution in [3.63, 3.8) is 0 Å². The molecule has 0 aliphatic carbocycles. The third-order valence-corrected chi connectivity index (χ3v) is 3.60. The van der Waals surface area contributed by atoms with E-state index < -0.39 is 0 Å². The number of hydrogen-bond acceptors (Lipinski definition) is 4. The molecule has 1 aliphatic heterocycles. The molecule has 1 unspecified atom stereocenters. The molecule has 0 spiro atoms. The standard InChI is InChI=1S/C16H25NO3/c1-12(17)9-14-3-4-15(18-2)16(10-14)20-11-13-5-7-19-8-6-13/h3-4,10,12-13H,5-9,11,17H2,1-2H3. The minimum atomic E-state index is 0.145. The van der Waals surface area contributed by atoms with E-state index in [2.05, 4.69) is 0 Å². The topological polar surface area (TPSA) is 53.7 Å². The van der Waals surface area contributed by atoms with E-state index in [1.807, 2.05) is 25.1 Å². The van der Waals surface area contributed by atoms with Crippen molar-refractivity contribution in [1.82, 2.24) is 0 Å². The fourth-order valence-electron chi connectivity index (χ4n) is 2.45. The molecule has 1 heterocycles. The zero-order chi connectivity index (χ0) is 14.4. The molecule has 1 aromatic rings. The van der Waals surface area contributed by atoms with E-state index in [1.54, 1.807) is 7.11 Å². The maximum atomic E-state index is 5.97. The van der Waals surface area contributed by atoms with Gasteiger partial charge >= 0.3 is 0 Å². The highest BCUT2D eigenvalue weighted by Crippen LogP contribution is 2.29. The Morgan fingerprint density at radius 2 is 2.05 bits per heavy atom. The summed E-state index contributed by atoms with van der Waals surface area (Å²) < 4.78 is 16.7. The van der Waals surface area contributed by atoms with Crippen LogP contribution in [0.2, 0.25) is 0 Å². The van der Waals surface area contributed by atoms with Crippen LogP contribution in [0.4, 0.5) is 0 Å². The highest BCUT2D eigenvalue weighted by Gasteiger charge is 2.16. The summed E-state index contributed by atoms with van der Waals surface area (Å²) in [6.07, 6.45) is 2.99. The van der Waals surface area contributed by atoms with Gasteiger partial charge in [0.15, 0.2) is 11.5 Å². The Labute approximate surface area is 121 Å². The van der Waals surface area contributed by atoms with Gasteiger partial charge in [0, 0.05) is 19.3 Å². The predicted molar refractivity (Wildman–Crippen MR) is 79.4 cm³/mol. The number of methoxy groups -OCH3 is 1. The van der Waals surface area contributed by atoms with Gasteiger partial charge in [0.2, 0.25) is 0 Å². The molecule has 4 heteroatoms. The smallest absolute Gasteiger partial charge is 0.161 e. The molecule has 0 saturated carbocycles. The van der Waals surface area contributed by atoms with Gasteiger partial charge in [-0.2, -0.15) is 0 Å². The van der Waals surface area contributed by atoms with E-state index in [0.29, 0.717) is 5.92 Å². The van der Waals surface area contributed by atoms with Gasteiger partial charge in [-0.3, -0.25) is 0 Å². The van der Waals surface area contributed by atoms with E-state index in [-0.39, 0.29) is 6.04 Å². The first kappa shape index (κ1) is 15.1. The van der Waals surface area contributed by atoms with Crippen LogP contribution in [0.5, 0.6) is 11.5 Å². The van der Waals surface area contributed by atoms with Crippen molar-refractivity contribution < 1.29 is 14.2 Å². The van der Waals surface area contributed by atoms with Crippen LogP contribution in [0.15, 0.2) is 18.2 Å². The van der Waals surface area contributed by atoms with Crippen LogP contribution in [-0.2, 0) is 11.2 Å². The quantitative estimate of drug-likeness (QED) is 0.868. The lowest BCUT2D eigenvalue weighted by Crippen LogP contribution is -2.21. The summed E-state index contributed by atoms with van der Waals surface area (Å²) in [5.41, 5.74) is 7.03. The normalized spacial score (nSPS) is 17.8. The van der Waals surface area contributed by atoms with E-state index in [9.17, 15) is 0 Å². The summed E-state index contributed by atoms with van der Waals surface area (Å²) >= 11 is 0. The van der Waals surface area contributed by atoms with Crippen molar-refractivity contribution in [3.8, 4) is 11.5 Å². The summed E-state index contributed by atoms with van der Waals surface area (Å²) in [5.74, 6) is 2.17. The molecule has 1 atom stereocenters. The average molecular weight is 279 g/mol. The predicted octanol–water partition coefficient (Wildman–Crippen LogP) is 2.39. The summed E-state index contributed by atoms with van der Waals surface area (Å²) in [5, 5.41) is 0. The van der Waals surface area contributed by atoms with Gasteiger partial charge in [0.1, 0.15) is 0 Å². The molecule has 112 valence electrons. The first-order valence-corrected chi connectivity index (χ1v) is 7.32. The molecule has 0 aromatic heterocycles. The van der Waals surface area contributed by atoms with Crippen LogP contribution in [0, 0.1) is 5.92 Å². The molecule has 1 fully saturated rings. The summed E-state index contributed by atoms with van der Waals surface area (Å²) in [6, 6.07) is 6.19. The molecule has 1 saturated heterocycles. The fraction of sp³-hybridized carbons (Fsp3) is 0.625. The van der Waals surface area contributed by atoms with Crippen LogP contribution < -0.4 is 15.2 Å². The summed E-state index contributed by atoms with van der Waals surface area (Å²) in [7, 11) is 1.67. The Morgan fingerprint density at radius 3 is 2.70 bits per heavy atom. The van der Waals surface area contributed by atoms with E-state index >= 15 is 0 Å². The first-order valence-electron chi connectivity index (χ1n) is 7.32. The van der Waals surface area contributed by atoms with Gasteiger partial charge < -0.3 is 19.9 Å². The highest BCUT2D eigenvalue weighted by atomic mass is 16.5. The maximum Gasteiger partial charge on any atom is 0.161 e. The number of hydrogen-bond donors (Lipinski definition) is 1. The second-order valence-corrected chi connectivity index (χ2v) is 5.53. The lowest BCUT2D eigenvalue weighted by Gasteiger charge is -2.22. The van der Waals surface area contributed by atoms with Crippen LogP contribution in [0.25, 0.3) is 0 Å². The van der Waals surface area contributed by atoms with Gasteiger partial charge in [0.05, 0.1) is 13.7 Å². The Morgan fingerprint density at radius 1 is 1.30 bits per heavy atom. The van der Waals surface area contributed by atoms with E-state index in [1.165, 1.54) is 5.56 Å². The van der Waals surface area contributed by atoms with Crippen molar-refractivity contribution in [2.24, 2.45) is 11.7 Å². The van der Waals surface area contributed by atoms with Crippen molar-refractivity contribution in [1.29, 1.82) is 0 Å². The van der Waals surface area contributed by atoms with Gasteiger partial charge in [-0.05, 0) is 49.8 Å². The molecule has 0 bridgehead atoms. The lowest BCUT2D eigenvalue weighted by molar-refractivity contribution is 0.0493. The van der Waals surface area contributed by atoms with Crippen molar-refractivity contribution >= 4 is 0 Å². The molecule has 0 amide bonds. The SMILES string of the molecule is COc1ccc(CC(C)N)cc1OCC1CCOCC1. The van der Waals surface area contributed by atoms with Crippen molar-refractivity contribution in [2.75, 3.05) is 26.9 Å². The second-order valence-electron chi connectivity index (χ2n) is 5.53. The Kier molecular flexibility index (Phi) is 5.68. The summed E-state index contributed by atoms with van der Waals surface area (Å²) in [6.45, 7) is 4.42. The van der Waals surface area contributed by atoms with Crippen LogP contribution in [-0.4, -0.2) is 33.0 Å². The van der Waals surface area contributed by atoms with Gasteiger partial charge in [-0.15, -0.1) is 0 Å².